The highest BCUT2D eigenvalue weighted by Crippen LogP contribution is 2.22. The molecule has 0 aliphatic carbocycles. The zero-order chi connectivity index (χ0) is 17.9. The topological polar surface area (TPSA) is 97.2 Å². The van der Waals surface area contributed by atoms with Crippen LogP contribution in [0.4, 0.5) is 18.9 Å². The van der Waals surface area contributed by atoms with Gasteiger partial charge < -0.3 is 20.8 Å². The predicted molar refractivity (Wildman–Crippen MR) is 81.0 cm³/mol. The van der Waals surface area contributed by atoms with E-state index in [2.05, 4.69) is 4.98 Å². The van der Waals surface area contributed by atoms with Crippen molar-refractivity contribution in [1.29, 1.82) is 0 Å². The molecule has 24 heavy (non-hydrogen) atoms. The minimum atomic E-state index is -5.08. The Bertz CT molecular complexity index is 755. The third-order valence-corrected chi connectivity index (χ3v) is 3.35. The molecule has 9 heteroatoms. The molecule has 0 radical (unpaired) electrons. The molecule has 0 fully saturated rings. The summed E-state index contributed by atoms with van der Waals surface area (Å²) < 4.78 is 42.1. The quantitative estimate of drug-likeness (QED) is 0.571. The number of rotatable bonds is 5. The van der Waals surface area contributed by atoms with Crippen molar-refractivity contribution in [2.24, 2.45) is 0 Å². The van der Waals surface area contributed by atoms with Gasteiger partial charge in [-0.1, -0.05) is 6.07 Å². The van der Waals surface area contributed by atoms with Gasteiger partial charge in [-0.25, -0.2) is 4.79 Å². The molecular weight excluding hydrogens is 327 g/mol. The van der Waals surface area contributed by atoms with Gasteiger partial charge in [0.2, 0.25) is 0 Å². The summed E-state index contributed by atoms with van der Waals surface area (Å²) in [4.78, 5) is 26.0. The third kappa shape index (κ3) is 3.98. The number of hydrogen-bond donors (Lipinski definition) is 3. The number of ether oxygens (including phenoxy) is 1. The molecule has 1 atom stereocenters. The number of alkyl halides is 3. The standard InChI is InChI=1S/C15H16F3N3O3/c1-2-24-13(22)12(21-14(23)15(16,17)18)5-8-7-20-11-6-9(19)3-4-10(8)11/h3-4,6-7,12,20H,2,5,19H2,1H3,(H,21,23). The fourth-order valence-electron chi connectivity index (χ4n) is 2.27. The van der Waals surface area contributed by atoms with Gasteiger partial charge in [-0.2, -0.15) is 13.2 Å². The van der Waals surface area contributed by atoms with Crippen molar-refractivity contribution in [2.45, 2.75) is 25.6 Å². The molecule has 1 aromatic heterocycles. The average Bonchev–Trinajstić information content (AvgIpc) is 2.87. The molecule has 1 amide bonds. The molecule has 130 valence electrons. The highest BCUT2D eigenvalue weighted by atomic mass is 19.4. The van der Waals surface area contributed by atoms with Crippen LogP contribution >= 0.6 is 0 Å². The number of esters is 1. The van der Waals surface area contributed by atoms with Crippen LogP contribution in [-0.4, -0.2) is 35.7 Å². The fourth-order valence-corrected chi connectivity index (χ4v) is 2.27. The number of fused-ring (bicyclic) bond motifs is 1. The molecule has 2 rings (SSSR count). The Morgan fingerprint density at radius 1 is 1.38 bits per heavy atom. The number of hydrogen-bond acceptors (Lipinski definition) is 4. The van der Waals surface area contributed by atoms with Gasteiger partial charge in [-0.05, 0) is 24.6 Å². The first-order valence-corrected chi connectivity index (χ1v) is 7.12. The summed E-state index contributed by atoms with van der Waals surface area (Å²) in [6.45, 7) is 1.51. The zero-order valence-corrected chi connectivity index (χ0v) is 12.7. The zero-order valence-electron chi connectivity index (χ0n) is 12.7. The van der Waals surface area contributed by atoms with E-state index in [0.29, 0.717) is 22.2 Å². The Balaban J connectivity index is 2.26. The minimum Gasteiger partial charge on any atom is -0.464 e. The number of nitrogens with one attached hydrogen (secondary N) is 2. The van der Waals surface area contributed by atoms with Crippen molar-refractivity contribution in [3.8, 4) is 0 Å². The van der Waals surface area contributed by atoms with Crippen molar-refractivity contribution in [1.82, 2.24) is 10.3 Å². The van der Waals surface area contributed by atoms with Crippen molar-refractivity contribution in [3.63, 3.8) is 0 Å². The van der Waals surface area contributed by atoms with E-state index in [1.54, 1.807) is 29.7 Å². The Hall–Kier alpha value is -2.71. The number of aromatic nitrogens is 1. The second-order valence-electron chi connectivity index (χ2n) is 5.10. The van der Waals surface area contributed by atoms with E-state index in [4.69, 9.17) is 10.5 Å². The van der Waals surface area contributed by atoms with Gasteiger partial charge in [0.1, 0.15) is 6.04 Å². The van der Waals surface area contributed by atoms with Crippen LogP contribution in [0.25, 0.3) is 10.9 Å². The molecule has 1 unspecified atom stereocenters. The van der Waals surface area contributed by atoms with Crippen LogP contribution in [0.3, 0.4) is 0 Å². The normalized spacial score (nSPS) is 12.8. The van der Waals surface area contributed by atoms with Gasteiger partial charge >= 0.3 is 18.1 Å². The van der Waals surface area contributed by atoms with Gasteiger partial charge in [0.25, 0.3) is 0 Å². The van der Waals surface area contributed by atoms with Crippen LogP contribution in [0.5, 0.6) is 0 Å². The highest BCUT2D eigenvalue weighted by molar-refractivity contribution is 5.89. The maximum Gasteiger partial charge on any atom is 0.471 e. The summed E-state index contributed by atoms with van der Waals surface area (Å²) in [5.74, 6) is -3.12. The number of carbonyl (C=O) groups excluding carboxylic acids is 2. The summed E-state index contributed by atoms with van der Waals surface area (Å²) in [5.41, 5.74) is 7.41. The molecule has 0 aliphatic heterocycles. The second-order valence-corrected chi connectivity index (χ2v) is 5.10. The lowest BCUT2D eigenvalue weighted by Crippen LogP contribution is -2.48. The van der Waals surface area contributed by atoms with E-state index < -0.39 is 24.1 Å². The summed E-state index contributed by atoms with van der Waals surface area (Å²) >= 11 is 0. The fraction of sp³-hybridized carbons (Fsp3) is 0.333. The lowest BCUT2D eigenvalue weighted by molar-refractivity contribution is -0.175. The van der Waals surface area contributed by atoms with Gasteiger partial charge in [-0.3, -0.25) is 4.79 Å². The van der Waals surface area contributed by atoms with E-state index in [0.717, 1.165) is 0 Å². The van der Waals surface area contributed by atoms with Crippen LogP contribution in [0.2, 0.25) is 0 Å². The number of nitrogens with two attached hydrogens (primary N) is 1. The molecule has 0 spiro atoms. The number of H-pyrrole nitrogens is 1. The van der Waals surface area contributed by atoms with Crippen molar-refractivity contribution in [3.05, 3.63) is 30.0 Å². The Morgan fingerprint density at radius 2 is 2.08 bits per heavy atom. The summed E-state index contributed by atoms with van der Waals surface area (Å²) in [6.07, 6.45) is -3.68. The summed E-state index contributed by atoms with van der Waals surface area (Å²) in [5, 5.41) is 2.37. The third-order valence-electron chi connectivity index (χ3n) is 3.35. The molecular formula is C15H16F3N3O3. The summed E-state index contributed by atoms with van der Waals surface area (Å²) in [6, 6.07) is 3.53. The SMILES string of the molecule is CCOC(=O)C(Cc1c[nH]c2cc(N)ccc12)NC(=O)C(F)(F)F. The Labute approximate surface area is 135 Å². The molecule has 0 saturated carbocycles. The number of halogens is 3. The maximum absolute atomic E-state index is 12.5. The number of anilines is 1. The van der Waals surface area contributed by atoms with Gasteiger partial charge in [0, 0.05) is 29.2 Å². The number of amides is 1. The molecule has 0 saturated heterocycles. The first-order valence-electron chi connectivity index (χ1n) is 7.12. The number of aromatic amines is 1. The lowest BCUT2D eigenvalue weighted by atomic mass is 10.0. The van der Waals surface area contributed by atoms with Gasteiger partial charge in [0.15, 0.2) is 0 Å². The van der Waals surface area contributed by atoms with Crippen molar-refractivity contribution in [2.75, 3.05) is 12.3 Å². The monoisotopic (exact) mass is 343 g/mol. The lowest BCUT2D eigenvalue weighted by Gasteiger charge is -2.18. The van der Waals surface area contributed by atoms with E-state index in [1.165, 1.54) is 6.92 Å². The first-order chi connectivity index (χ1) is 11.2. The molecule has 1 heterocycles. The first kappa shape index (κ1) is 17.6. The van der Waals surface area contributed by atoms with E-state index in [-0.39, 0.29) is 13.0 Å². The molecule has 0 aliphatic rings. The van der Waals surface area contributed by atoms with E-state index >= 15 is 0 Å². The van der Waals surface area contributed by atoms with Crippen LogP contribution in [0.1, 0.15) is 12.5 Å². The van der Waals surface area contributed by atoms with E-state index in [1.807, 2.05) is 0 Å². The number of benzene rings is 1. The van der Waals surface area contributed by atoms with E-state index in [9.17, 15) is 22.8 Å². The Morgan fingerprint density at radius 3 is 2.71 bits per heavy atom. The van der Waals surface area contributed by atoms with Gasteiger partial charge in [0.05, 0.1) is 6.61 Å². The molecule has 6 nitrogen and oxygen atoms in total. The maximum atomic E-state index is 12.5. The second kappa shape index (κ2) is 6.81. The number of nitrogen functional groups attached to an aromatic ring is 1. The average molecular weight is 343 g/mol. The van der Waals surface area contributed by atoms with Crippen LogP contribution in [0.15, 0.2) is 24.4 Å². The minimum absolute atomic E-state index is 0.0123. The van der Waals surface area contributed by atoms with Crippen LogP contribution < -0.4 is 11.1 Å². The summed E-state index contributed by atoms with van der Waals surface area (Å²) in [7, 11) is 0. The van der Waals surface area contributed by atoms with Crippen molar-refractivity contribution < 1.29 is 27.5 Å². The van der Waals surface area contributed by atoms with Gasteiger partial charge in [-0.15, -0.1) is 0 Å². The van der Waals surface area contributed by atoms with Crippen molar-refractivity contribution >= 4 is 28.5 Å². The number of carbonyl (C=O) groups is 2. The Kier molecular flexibility index (Phi) is 5.01. The van der Waals surface area contributed by atoms with Crippen LogP contribution in [-0.2, 0) is 20.7 Å². The predicted octanol–water partition coefficient (Wildman–Crippen LogP) is 1.90. The smallest absolute Gasteiger partial charge is 0.464 e. The van der Waals surface area contributed by atoms with Crippen LogP contribution in [0, 0.1) is 0 Å². The molecule has 2 aromatic rings. The highest BCUT2D eigenvalue weighted by Gasteiger charge is 2.41. The molecule has 0 bridgehead atoms. The largest absolute Gasteiger partial charge is 0.471 e. The molecule has 4 N–H and O–H groups in total. The molecule has 1 aromatic carbocycles.